The summed E-state index contributed by atoms with van der Waals surface area (Å²) in [6.07, 6.45) is 0.438. The highest BCUT2D eigenvalue weighted by Crippen LogP contribution is 2.41. The first-order valence-electron chi connectivity index (χ1n) is 7.78. The van der Waals surface area contributed by atoms with E-state index < -0.39 is 0 Å². The number of amides is 1. The lowest BCUT2D eigenvalue weighted by Crippen LogP contribution is -2.25. The van der Waals surface area contributed by atoms with Gasteiger partial charge in [-0.1, -0.05) is 6.07 Å². The fraction of sp³-hybridized carbons (Fsp3) is 0.294. The lowest BCUT2D eigenvalue weighted by molar-refractivity contribution is -0.116. The van der Waals surface area contributed by atoms with Gasteiger partial charge in [-0.3, -0.25) is 4.79 Å². The Kier molecular flexibility index (Phi) is 3.45. The summed E-state index contributed by atoms with van der Waals surface area (Å²) in [5.41, 5.74) is 3.69. The van der Waals surface area contributed by atoms with E-state index in [9.17, 15) is 4.79 Å². The first kappa shape index (κ1) is 15.0. The Morgan fingerprint density at radius 1 is 1.25 bits per heavy atom. The number of thiophene rings is 1. The van der Waals surface area contributed by atoms with Crippen molar-refractivity contribution in [2.24, 2.45) is 0 Å². The highest BCUT2D eigenvalue weighted by Gasteiger charge is 2.33. The third-order valence-corrected chi connectivity index (χ3v) is 5.14. The standard InChI is InChI=1S/C17H17N5OS/c1-9-7-10(2)19-17(18-9)22-16-15(11(3)21-22)12(8-14(23)20-16)13-5-4-6-24-13/h4-7,12H,8H2,1-3H3,(H,20,23)/t12-/m0/s1. The molecule has 0 saturated heterocycles. The van der Waals surface area contributed by atoms with Gasteiger partial charge in [-0.2, -0.15) is 9.78 Å². The number of fused-ring (bicyclic) bond motifs is 1. The summed E-state index contributed by atoms with van der Waals surface area (Å²) in [5, 5.41) is 9.62. The number of anilines is 1. The lowest BCUT2D eigenvalue weighted by atomic mass is 9.91. The van der Waals surface area contributed by atoms with Gasteiger partial charge in [-0.25, -0.2) is 9.97 Å². The van der Waals surface area contributed by atoms with Crippen LogP contribution in [0.1, 0.15) is 39.9 Å². The molecule has 4 rings (SSSR count). The molecule has 1 amide bonds. The Hall–Kier alpha value is -2.54. The second-order valence-corrected chi connectivity index (χ2v) is 7.01. The maximum atomic E-state index is 12.3. The second-order valence-electron chi connectivity index (χ2n) is 6.03. The van der Waals surface area contributed by atoms with Crippen molar-refractivity contribution < 1.29 is 4.79 Å². The molecule has 0 saturated carbocycles. The number of nitrogens with one attached hydrogen (secondary N) is 1. The normalized spacial score (nSPS) is 16.8. The topological polar surface area (TPSA) is 72.7 Å². The Balaban J connectivity index is 1.91. The predicted molar refractivity (Wildman–Crippen MR) is 92.8 cm³/mol. The third-order valence-electron chi connectivity index (χ3n) is 4.15. The van der Waals surface area contributed by atoms with Crippen LogP contribution in [0.15, 0.2) is 23.6 Å². The molecule has 0 bridgehead atoms. The second kappa shape index (κ2) is 5.52. The molecule has 24 heavy (non-hydrogen) atoms. The average molecular weight is 339 g/mol. The highest BCUT2D eigenvalue weighted by molar-refractivity contribution is 7.10. The Morgan fingerprint density at radius 2 is 2.00 bits per heavy atom. The van der Waals surface area contributed by atoms with Gasteiger partial charge < -0.3 is 5.32 Å². The minimum Gasteiger partial charge on any atom is -0.310 e. The summed E-state index contributed by atoms with van der Waals surface area (Å²) in [7, 11) is 0. The molecule has 122 valence electrons. The van der Waals surface area contributed by atoms with Crippen LogP contribution in [0.3, 0.4) is 0 Å². The van der Waals surface area contributed by atoms with E-state index in [0.29, 0.717) is 18.2 Å². The van der Waals surface area contributed by atoms with Crippen LogP contribution in [0.2, 0.25) is 0 Å². The number of carbonyl (C=O) groups excluding carboxylic acids is 1. The average Bonchev–Trinajstić information content (AvgIpc) is 3.14. The van der Waals surface area contributed by atoms with Crippen LogP contribution in [0.5, 0.6) is 0 Å². The molecule has 0 radical (unpaired) electrons. The third kappa shape index (κ3) is 2.41. The van der Waals surface area contributed by atoms with E-state index >= 15 is 0 Å². The molecular weight excluding hydrogens is 322 g/mol. The summed E-state index contributed by atoms with van der Waals surface area (Å²) in [6, 6.07) is 6.00. The number of hydrogen-bond acceptors (Lipinski definition) is 5. The molecule has 0 unspecified atom stereocenters. The molecule has 3 aromatic rings. The zero-order chi connectivity index (χ0) is 16.8. The zero-order valence-corrected chi connectivity index (χ0v) is 14.5. The van der Waals surface area contributed by atoms with Crippen molar-refractivity contribution in [3.05, 3.63) is 51.1 Å². The molecule has 3 aromatic heterocycles. The molecular formula is C17H17N5OS. The molecule has 0 aromatic carbocycles. The van der Waals surface area contributed by atoms with Gasteiger partial charge in [0.25, 0.3) is 5.95 Å². The van der Waals surface area contributed by atoms with Gasteiger partial charge in [-0.15, -0.1) is 11.3 Å². The summed E-state index contributed by atoms with van der Waals surface area (Å²) in [6.45, 7) is 5.82. The summed E-state index contributed by atoms with van der Waals surface area (Å²) >= 11 is 1.67. The van der Waals surface area contributed by atoms with Crippen LogP contribution < -0.4 is 5.32 Å². The molecule has 1 aliphatic rings. The van der Waals surface area contributed by atoms with Crippen molar-refractivity contribution >= 4 is 23.1 Å². The fourth-order valence-corrected chi connectivity index (χ4v) is 4.06. The van der Waals surface area contributed by atoms with Crippen molar-refractivity contribution in [2.75, 3.05) is 5.32 Å². The molecule has 1 atom stereocenters. The summed E-state index contributed by atoms with van der Waals surface area (Å²) in [4.78, 5) is 22.4. The van der Waals surface area contributed by atoms with Crippen LogP contribution in [-0.2, 0) is 4.79 Å². The van der Waals surface area contributed by atoms with Gasteiger partial charge in [0.05, 0.1) is 5.69 Å². The SMILES string of the molecule is Cc1cc(C)nc(-n2nc(C)c3c2NC(=O)C[C@H]3c2cccs2)n1. The van der Waals surface area contributed by atoms with Gasteiger partial charge in [0.1, 0.15) is 5.82 Å². The van der Waals surface area contributed by atoms with Crippen molar-refractivity contribution in [3.63, 3.8) is 0 Å². The number of aryl methyl sites for hydroxylation is 3. The van der Waals surface area contributed by atoms with Crippen LogP contribution in [0.25, 0.3) is 5.95 Å². The maximum Gasteiger partial charge on any atom is 0.252 e. The van der Waals surface area contributed by atoms with Gasteiger partial charge in [0, 0.05) is 34.2 Å². The van der Waals surface area contributed by atoms with Crippen LogP contribution >= 0.6 is 11.3 Å². The number of rotatable bonds is 2. The first-order chi connectivity index (χ1) is 11.5. The van der Waals surface area contributed by atoms with E-state index in [-0.39, 0.29) is 11.8 Å². The number of nitrogens with zero attached hydrogens (tertiary/aromatic N) is 4. The Bertz CT molecular complexity index is 909. The molecule has 6 nitrogen and oxygen atoms in total. The van der Waals surface area contributed by atoms with Crippen molar-refractivity contribution in [1.29, 1.82) is 0 Å². The summed E-state index contributed by atoms with van der Waals surface area (Å²) < 4.78 is 1.66. The smallest absolute Gasteiger partial charge is 0.252 e. The molecule has 0 aliphatic carbocycles. The minimum atomic E-state index is -0.00794. The molecule has 0 fully saturated rings. The van der Waals surface area contributed by atoms with Gasteiger partial charge in [-0.05, 0) is 38.3 Å². The zero-order valence-electron chi connectivity index (χ0n) is 13.7. The fourth-order valence-electron chi connectivity index (χ4n) is 3.23. The quantitative estimate of drug-likeness (QED) is 0.778. The number of aromatic nitrogens is 4. The lowest BCUT2D eigenvalue weighted by Gasteiger charge is -2.22. The maximum absolute atomic E-state index is 12.3. The van der Waals surface area contributed by atoms with E-state index in [4.69, 9.17) is 0 Å². The van der Waals surface area contributed by atoms with E-state index in [1.165, 1.54) is 4.88 Å². The van der Waals surface area contributed by atoms with Crippen molar-refractivity contribution in [1.82, 2.24) is 19.7 Å². The van der Waals surface area contributed by atoms with Gasteiger partial charge >= 0.3 is 0 Å². The van der Waals surface area contributed by atoms with Crippen molar-refractivity contribution in [2.45, 2.75) is 33.1 Å². The Labute approximate surface area is 143 Å². The molecule has 1 N–H and O–H groups in total. The van der Waals surface area contributed by atoms with Crippen LogP contribution in [-0.4, -0.2) is 25.7 Å². The van der Waals surface area contributed by atoms with Gasteiger partial charge in [0.15, 0.2) is 0 Å². The van der Waals surface area contributed by atoms with E-state index in [1.807, 2.05) is 38.3 Å². The number of carbonyl (C=O) groups is 1. The number of hydrogen-bond donors (Lipinski definition) is 1. The minimum absolute atomic E-state index is 0.00794. The monoisotopic (exact) mass is 339 g/mol. The highest BCUT2D eigenvalue weighted by atomic mass is 32.1. The largest absolute Gasteiger partial charge is 0.310 e. The predicted octanol–water partition coefficient (Wildman–Crippen LogP) is 3.12. The molecule has 1 aliphatic heterocycles. The summed E-state index contributed by atoms with van der Waals surface area (Å²) in [5.74, 6) is 1.20. The Morgan fingerprint density at radius 3 is 2.67 bits per heavy atom. The molecule has 4 heterocycles. The van der Waals surface area contributed by atoms with Gasteiger partial charge in [0.2, 0.25) is 5.91 Å². The van der Waals surface area contributed by atoms with Crippen LogP contribution in [0.4, 0.5) is 5.82 Å². The van der Waals surface area contributed by atoms with E-state index in [0.717, 1.165) is 22.6 Å². The van der Waals surface area contributed by atoms with E-state index in [2.05, 4.69) is 26.4 Å². The molecule has 7 heteroatoms. The molecule has 0 spiro atoms. The van der Waals surface area contributed by atoms with Crippen molar-refractivity contribution in [3.8, 4) is 5.95 Å². The van der Waals surface area contributed by atoms with Crippen LogP contribution in [0, 0.1) is 20.8 Å². The van der Waals surface area contributed by atoms with E-state index in [1.54, 1.807) is 16.0 Å². The first-order valence-corrected chi connectivity index (χ1v) is 8.66.